The number of halogens is 1. The number of imidazole rings is 1. The molecule has 3 heteroatoms. The number of aromatic nitrogens is 2. The molecule has 0 bridgehead atoms. The second-order valence-electron chi connectivity index (χ2n) is 3.70. The molecular formula is C11H13FN2. The first-order chi connectivity index (χ1) is 6.68. The molecule has 2 rings (SSSR count). The van der Waals surface area contributed by atoms with Crippen molar-refractivity contribution in [1.29, 1.82) is 0 Å². The minimum Gasteiger partial charge on any atom is -0.307 e. The number of allylic oxidation sites excluding steroid dienone is 4. The highest BCUT2D eigenvalue weighted by Gasteiger charge is 2.21. The lowest BCUT2D eigenvalue weighted by Crippen LogP contribution is -2.14. The third-order valence-corrected chi connectivity index (χ3v) is 2.45. The van der Waals surface area contributed by atoms with Gasteiger partial charge in [-0.2, -0.15) is 0 Å². The van der Waals surface area contributed by atoms with Gasteiger partial charge in [0.25, 0.3) is 0 Å². The van der Waals surface area contributed by atoms with Gasteiger partial charge in [-0.1, -0.05) is 11.6 Å². The number of nitrogens with zero attached hydrogens (tertiary/aromatic N) is 2. The zero-order valence-electron chi connectivity index (χ0n) is 8.37. The molecule has 74 valence electrons. The van der Waals surface area contributed by atoms with E-state index in [-0.39, 0.29) is 0 Å². The summed E-state index contributed by atoms with van der Waals surface area (Å²) < 4.78 is 15.5. The Morgan fingerprint density at radius 2 is 2.29 bits per heavy atom. The van der Waals surface area contributed by atoms with E-state index >= 15 is 0 Å². The van der Waals surface area contributed by atoms with Crippen molar-refractivity contribution in [3.8, 4) is 0 Å². The molecule has 1 heterocycles. The van der Waals surface area contributed by atoms with E-state index in [4.69, 9.17) is 0 Å². The van der Waals surface area contributed by atoms with Gasteiger partial charge in [0.2, 0.25) is 0 Å². The van der Waals surface area contributed by atoms with Gasteiger partial charge in [-0.15, -0.1) is 0 Å². The SMILES string of the molecule is CC1=CC(C)=C(n2ccnc2)C(F)C1. The molecule has 14 heavy (non-hydrogen) atoms. The lowest BCUT2D eigenvalue weighted by Gasteiger charge is -2.20. The Balaban J connectivity index is 2.46. The monoisotopic (exact) mass is 192 g/mol. The van der Waals surface area contributed by atoms with Gasteiger partial charge in [0.15, 0.2) is 0 Å². The predicted octanol–water partition coefficient (Wildman–Crippen LogP) is 2.80. The largest absolute Gasteiger partial charge is 0.307 e. The van der Waals surface area contributed by atoms with Gasteiger partial charge in [-0.3, -0.25) is 0 Å². The number of alkyl halides is 1. The summed E-state index contributed by atoms with van der Waals surface area (Å²) in [5.74, 6) is 0. The first-order valence-corrected chi connectivity index (χ1v) is 4.69. The number of hydrogen-bond acceptors (Lipinski definition) is 1. The van der Waals surface area contributed by atoms with E-state index in [1.165, 1.54) is 0 Å². The van der Waals surface area contributed by atoms with Crippen LogP contribution >= 0.6 is 0 Å². The van der Waals surface area contributed by atoms with Crippen molar-refractivity contribution in [1.82, 2.24) is 9.55 Å². The summed E-state index contributed by atoms with van der Waals surface area (Å²) in [4.78, 5) is 3.93. The fraction of sp³-hybridized carbons (Fsp3) is 0.364. The lowest BCUT2D eigenvalue weighted by atomic mass is 9.97. The fourth-order valence-corrected chi connectivity index (χ4v) is 1.90. The zero-order chi connectivity index (χ0) is 10.1. The molecule has 0 aliphatic heterocycles. The van der Waals surface area contributed by atoms with Gasteiger partial charge < -0.3 is 4.57 Å². The van der Waals surface area contributed by atoms with Crippen molar-refractivity contribution in [3.63, 3.8) is 0 Å². The maximum Gasteiger partial charge on any atom is 0.144 e. The normalized spacial score (nSPS) is 22.5. The van der Waals surface area contributed by atoms with Gasteiger partial charge >= 0.3 is 0 Å². The average Bonchev–Trinajstić information content (AvgIpc) is 2.54. The topological polar surface area (TPSA) is 17.8 Å². The van der Waals surface area contributed by atoms with Crippen LogP contribution in [-0.4, -0.2) is 15.7 Å². The molecule has 1 aromatic rings. The second-order valence-corrected chi connectivity index (χ2v) is 3.70. The first kappa shape index (κ1) is 9.19. The van der Waals surface area contributed by atoms with E-state index in [2.05, 4.69) is 4.98 Å². The summed E-state index contributed by atoms with van der Waals surface area (Å²) in [6, 6.07) is 0. The summed E-state index contributed by atoms with van der Waals surface area (Å²) in [6.07, 6.45) is 6.70. The van der Waals surface area contributed by atoms with Crippen LogP contribution in [0.2, 0.25) is 0 Å². The minimum absolute atomic E-state index is 0.491. The van der Waals surface area contributed by atoms with E-state index in [9.17, 15) is 4.39 Å². The molecule has 0 radical (unpaired) electrons. The highest BCUT2D eigenvalue weighted by atomic mass is 19.1. The maximum atomic E-state index is 13.8. The van der Waals surface area contributed by atoms with Crippen molar-refractivity contribution < 1.29 is 4.39 Å². The van der Waals surface area contributed by atoms with Gasteiger partial charge in [0.1, 0.15) is 6.17 Å². The van der Waals surface area contributed by atoms with Crippen LogP contribution in [0.15, 0.2) is 35.9 Å². The smallest absolute Gasteiger partial charge is 0.144 e. The third-order valence-electron chi connectivity index (χ3n) is 2.45. The summed E-state index contributed by atoms with van der Waals surface area (Å²) >= 11 is 0. The van der Waals surface area contributed by atoms with Crippen molar-refractivity contribution >= 4 is 5.70 Å². The fourth-order valence-electron chi connectivity index (χ4n) is 1.90. The summed E-state index contributed by atoms with van der Waals surface area (Å²) in [5.41, 5.74) is 2.80. The molecular weight excluding hydrogens is 179 g/mol. The Hall–Kier alpha value is -1.38. The van der Waals surface area contributed by atoms with Crippen molar-refractivity contribution in [2.24, 2.45) is 0 Å². The average molecular weight is 192 g/mol. The molecule has 1 aliphatic carbocycles. The number of rotatable bonds is 1. The molecule has 0 aromatic carbocycles. The highest BCUT2D eigenvalue weighted by molar-refractivity contribution is 5.60. The Morgan fingerprint density at radius 1 is 1.50 bits per heavy atom. The third kappa shape index (κ3) is 1.50. The van der Waals surface area contributed by atoms with Crippen LogP contribution in [-0.2, 0) is 0 Å². The van der Waals surface area contributed by atoms with E-state index in [0.29, 0.717) is 12.1 Å². The maximum absolute atomic E-state index is 13.8. The molecule has 0 amide bonds. The van der Waals surface area contributed by atoms with E-state index in [0.717, 1.165) is 11.1 Å². The summed E-state index contributed by atoms with van der Waals surface area (Å²) in [7, 11) is 0. The van der Waals surface area contributed by atoms with Crippen molar-refractivity contribution in [3.05, 3.63) is 35.9 Å². The molecule has 0 N–H and O–H groups in total. The quantitative estimate of drug-likeness (QED) is 0.669. The molecule has 1 unspecified atom stereocenters. The van der Waals surface area contributed by atoms with E-state index in [1.807, 2.05) is 19.9 Å². The summed E-state index contributed by atoms with van der Waals surface area (Å²) in [6.45, 7) is 3.89. The molecule has 0 fully saturated rings. The van der Waals surface area contributed by atoms with Crippen LogP contribution < -0.4 is 0 Å². The Bertz CT molecular complexity index is 387. The van der Waals surface area contributed by atoms with Crippen LogP contribution in [0.1, 0.15) is 20.3 Å². The van der Waals surface area contributed by atoms with Crippen LogP contribution in [0.5, 0.6) is 0 Å². The standard InChI is InChI=1S/C11H13FN2/c1-8-5-9(2)11(10(12)6-8)14-4-3-13-7-14/h3-5,7,10H,6H2,1-2H3. The van der Waals surface area contributed by atoms with Gasteiger partial charge in [0.05, 0.1) is 12.0 Å². The van der Waals surface area contributed by atoms with Crippen molar-refractivity contribution in [2.45, 2.75) is 26.4 Å². The van der Waals surface area contributed by atoms with Crippen LogP contribution in [0, 0.1) is 0 Å². The van der Waals surface area contributed by atoms with Gasteiger partial charge in [-0.05, 0) is 19.4 Å². The minimum atomic E-state index is -0.908. The number of hydrogen-bond donors (Lipinski definition) is 0. The van der Waals surface area contributed by atoms with Gasteiger partial charge in [-0.25, -0.2) is 9.37 Å². The van der Waals surface area contributed by atoms with Crippen LogP contribution in [0.4, 0.5) is 4.39 Å². The lowest BCUT2D eigenvalue weighted by molar-refractivity contribution is 0.394. The predicted molar refractivity (Wildman–Crippen MR) is 54.4 cm³/mol. The molecule has 0 spiro atoms. The molecule has 0 saturated heterocycles. The zero-order valence-corrected chi connectivity index (χ0v) is 8.37. The summed E-state index contributed by atoms with van der Waals surface area (Å²) in [5, 5.41) is 0. The Labute approximate surface area is 82.8 Å². The molecule has 2 nitrogen and oxygen atoms in total. The molecule has 1 atom stereocenters. The second kappa shape index (κ2) is 3.40. The van der Waals surface area contributed by atoms with Crippen molar-refractivity contribution in [2.75, 3.05) is 0 Å². The van der Waals surface area contributed by atoms with Gasteiger partial charge in [0, 0.05) is 18.8 Å². The van der Waals surface area contributed by atoms with Crippen LogP contribution in [0.25, 0.3) is 5.70 Å². The molecule has 1 aliphatic rings. The molecule has 1 aromatic heterocycles. The van der Waals surface area contributed by atoms with Crippen LogP contribution in [0.3, 0.4) is 0 Å². The van der Waals surface area contributed by atoms with E-state index in [1.54, 1.807) is 23.3 Å². The first-order valence-electron chi connectivity index (χ1n) is 4.69. The Kier molecular flexibility index (Phi) is 2.23. The van der Waals surface area contributed by atoms with E-state index < -0.39 is 6.17 Å². The Morgan fingerprint density at radius 3 is 2.86 bits per heavy atom. The highest BCUT2D eigenvalue weighted by Crippen LogP contribution is 2.29. The molecule has 0 saturated carbocycles.